The summed E-state index contributed by atoms with van der Waals surface area (Å²) in [6.07, 6.45) is 1.20. The maximum absolute atomic E-state index is 11.8. The van der Waals surface area contributed by atoms with E-state index in [9.17, 15) is 4.79 Å². The molecule has 5 heteroatoms. The lowest BCUT2D eigenvalue weighted by Gasteiger charge is -2.23. The van der Waals surface area contributed by atoms with Crippen LogP contribution in [0.3, 0.4) is 0 Å². The van der Waals surface area contributed by atoms with Gasteiger partial charge in [0, 0.05) is 44.5 Å². The van der Waals surface area contributed by atoms with Gasteiger partial charge in [-0.2, -0.15) is 0 Å². The summed E-state index contributed by atoms with van der Waals surface area (Å²) in [5.74, 6) is -0.0446. The number of benzene rings is 1. The Hall–Kier alpha value is -1.59. The van der Waals surface area contributed by atoms with Crippen LogP contribution in [-0.4, -0.2) is 49.2 Å². The summed E-state index contributed by atoms with van der Waals surface area (Å²) >= 11 is 0. The van der Waals surface area contributed by atoms with Gasteiger partial charge < -0.3 is 11.1 Å². The number of hydrogen-bond acceptors (Lipinski definition) is 4. The Kier molecular flexibility index (Phi) is 4.17. The van der Waals surface area contributed by atoms with E-state index in [0.29, 0.717) is 17.8 Å². The fourth-order valence-electron chi connectivity index (χ4n) is 2.11. The number of hydrogen-bond donors (Lipinski definition) is 2. The van der Waals surface area contributed by atoms with Crippen LogP contribution >= 0.6 is 0 Å². The van der Waals surface area contributed by atoms with Crippen molar-refractivity contribution in [1.29, 1.82) is 0 Å². The minimum Gasteiger partial charge on any atom is -0.399 e. The summed E-state index contributed by atoms with van der Waals surface area (Å²) < 4.78 is 0. The molecule has 2 rings (SSSR count). The van der Waals surface area contributed by atoms with Crippen LogP contribution in [0.25, 0.3) is 0 Å². The van der Waals surface area contributed by atoms with E-state index in [1.54, 1.807) is 24.3 Å². The quantitative estimate of drug-likeness (QED) is 0.764. The van der Waals surface area contributed by atoms with Gasteiger partial charge in [0.2, 0.25) is 0 Å². The van der Waals surface area contributed by atoms with E-state index in [2.05, 4.69) is 22.4 Å². The highest BCUT2D eigenvalue weighted by atomic mass is 16.1. The van der Waals surface area contributed by atoms with Gasteiger partial charge in [0.15, 0.2) is 0 Å². The number of rotatable bonds is 4. The van der Waals surface area contributed by atoms with Crippen LogP contribution in [-0.2, 0) is 0 Å². The summed E-state index contributed by atoms with van der Waals surface area (Å²) in [5.41, 5.74) is 6.90. The highest BCUT2D eigenvalue weighted by Crippen LogP contribution is 2.07. The number of carbonyl (C=O) groups is 1. The lowest BCUT2D eigenvalue weighted by Crippen LogP contribution is -2.39. The molecule has 0 unspecified atom stereocenters. The molecule has 0 spiro atoms. The zero-order valence-electron chi connectivity index (χ0n) is 10.7. The largest absolute Gasteiger partial charge is 0.399 e. The molecule has 98 valence electrons. The van der Waals surface area contributed by atoms with Gasteiger partial charge in [-0.05, 0) is 30.7 Å². The van der Waals surface area contributed by atoms with E-state index in [0.717, 1.165) is 19.6 Å². The Morgan fingerprint density at radius 3 is 2.67 bits per heavy atom. The van der Waals surface area contributed by atoms with E-state index in [4.69, 9.17) is 5.73 Å². The molecule has 18 heavy (non-hydrogen) atoms. The molecule has 0 bridgehead atoms. The molecule has 1 heterocycles. The van der Waals surface area contributed by atoms with E-state index >= 15 is 0 Å². The van der Waals surface area contributed by atoms with Crippen molar-refractivity contribution >= 4 is 11.6 Å². The fourth-order valence-corrected chi connectivity index (χ4v) is 2.11. The number of amides is 1. The maximum atomic E-state index is 11.8. The van der Waals surface area contributed by atoms with E-state index in [-0.39, 0.29) is 5.91 Å². The van der Waals surface area contributed by atoms with Gasteiger partial charge in [-0.1, -0.05) is 0 Å². The van der Waals surface area contributed by atoms with Crippen molar-refractivity contribution in [3.05, 3.63) is 29.8 Å². The lowest BCUT2D eigenvalue weighted by atomic mass is 10.2. The second-order valence-electron chi connectivity index (χ2n) is 4.57. The number of nitrogens with one attached hydrogen (secondary N) is 1. The van der Waals surface area contributed by atoms with Crippen LogP contribution in [0.1, 0.15) is 16.8 Å². The van der Waals surface area contributed by atoms with Crippen LogP contribution in [0, 0.1) is 0 Å². The van der Waals surface area contributed by atoms with Gasteiger partial charge in [0.1, 0.15) is 0 Å². The van der Waals surface area contributed by atoms with Crippen molar-refractivity contribution < 1.29 is 4.79 Å². The van der Waals surface area contributed by atoms with E-state index in [1.165, 1.54) is 6.42 Å². The summed E-state index contributed by atoms with van der Waals surface area (Å²) in [7, 11) is 2.08. The van der Waals surface area contributed by atoms with Crippen LogP contribution in [0.4, 0.5) is 5.69 Å². The molecule has 0 saturated carbocycles. The van der Waals surface area contributed by atoms with E-state index < -0.39 is 0 Å². The number of nitrogen functional groups attached to an aromatic ring is 1. The molecule has 1 fully saturated rings. The molecule has 1 amide bonds. The van der Waals surface area contributed by atoms with Gasteiger partial charge in [-0.25, -0.2) is 10.0 Å². The minimum absolute atomic E-state index is 0.0446. The van der Waals surface area contributed by atoms with Crippen molar-refractivity contribution in [2.75, 3.05) is 39.0 Å². The molecule has 0 radical (unpaired) electrons. The fraction of sp³-hybridized carbons (Fsp3) is 0.462. The zero-order valence-corrected chi connectivity index (χ0v) is 10.7. The average Bonchev–Trinajstić information content (AvgIpc) is 2.76. The SMILES string of the molecule is CN1CCCN1CCNC(=O)c1ccc(N)cc1. The average molecular weight is 248 g/mol. The number of nitrogens with two attached hydrogens (primary N) is 1. The molecule has 0 atom stereocenters. The molecule has 1 aromatic carbocycles. The third kappa shape index (κ3) is 3.21. The topological polar surface area (TPSA) is 61.6 Å². The first-order valence-electron chi connectivity index (χ1n) is 6.26. The Morgan fingerprint density at radius 2 is 2.06 bits per heavy atom. The molecule has 0 aliphatic carbocycles. The monoisotopic (exact) mass is 248 g/mol. The summed E-state index contributed by atoms with van der Waals surface area (Å²) in [6, 6.07) is 6.96. The molecular formula is C13H20N4O. The molecule has 1 aromatic rings. The van der Waals surface area contributed by atoms with Gasteiger partial charge in [0.05, 0.1) is 0 Å². The Morgan fingerprint density at radius 1 is 1.33 bits per heavy atom. The van der Waals surface area contributed by atoms with Gasteiger partial charge in [-0.3, -0.25) is 4.79 Å². The van der Waals surface area contributed by atoms with Crippen LogP contribution in [0.15, 0.2) is 24.3 Å². The van der Waals surface area contributed by atoms with Crippen molar-refractivity contribution in [3.63, 3.8) is 0 Å². The van der Waals surface area contributed by atoms with Crippen LogP contribution in [0.5, 0.6) is 0 Å². The first-order valence-corrected chi connectivity index (χ1v) is 6.26. The second kappa shape index (κ2) is 5.84. The number of hydrazine groups is 1. The molecule has 3 N–H and O–H groups in total. The second-order valence-corrected chi connectivity index (χ2v) is 4.57. The standard InChI is InChI=1S/C13H20N4O/c1-16-8-2-9-17(16)10-7-15-13(18)11-3-5-12(14)6-4-11/h3-6H,2,7-10,14H2,1H3,(H,15,18). The molecule has 1 aliphatic heterocycles. The zero-order chi connectivity index (χ0) is 13.0. The smallest absolute Gasteiger partial charge is 0.251 e. The highest BCUT2D eigenvalue weighted by molar-refractivity contribution is 5.94. The number of carbonyl (C=O) groups excluding carboxylic acids is 1. The van der Waals surface area contributed by atoms with Gasteiger partial charge >= 0.3 is 0 Å². The predicted molar refractivity (Wildman–Crippen MR) is 72.0 cm³/mol. The van der Waals surface area contributed by atoms with Crippen molar-refractivity contribution in [2.24, 2.45) is 0 Å². The molecule has 0 aromatic heterocycles. The summed E-state index contributed by atoms with van der Waals surface area (Å²) in [5, 5.41) is 7.37. The van der Waals surface area contributed by atoms with Gasteiger partial charge in [-0.15, -0.1) is 0 Å². The molecule has 5 nitrogen and oxygen atoms in total. The van der Waals surface area contributed by atoms with Crippen molar-refractivity contribution in [2.45, 2.75) is 6.42 Å². The first-order chi connectivity index (χ1) is 8.66. The predicted octanol–water partition coefficient (Wildman–Crippen LogP) is 0.551. The Bertz CT molecular complexity index is 404. The number of nitrogens with zero attached hydrogens (tertiary/aromatic N) is 2. The number of anilines is 1. The molecule has 1 saturated heterocycles. The van der Waals surface area contributed by atoms with E-state index in [1.807, 2.05) is 0 Å². The first kappa shape index (κ1) is 12.9. The highest BCUT2D eigenvalue weighted by Gasteiger charge is 2.17. The summed E-state index contributed by atoms with van der Waals surface area (Å²) in [4.78, 5) is 11.8. The van der Waals surface area contributed by atoms with Crippen LogP contribution in [0.2, 0.25) is 0 Å². The maximum Gasteiger partial charge on any atom is 0.251 e. The third-order valence-electron chi connectivity index (χ3n) is 3.21. The Balaban J connectivity index is 1.76. The van der Waals surface area contributed by atoms with Crippen molar-refractivity contribution in [3.8, 4) is 0 Å². The van der Waals surface area contributed by atoms with Crippen LogP contribution < -0.4 is 11.1 Å². The lowest BCUT2D eigenvalue weighted by molar-refractivity contribution is 0.0563. The van der Waals surface area contributed by atoms with Crippen molar-refractivity contribution in [1.82, 2.24) is 15.3 Å². The molecule has 1 aliphatic rings. The minimum atomic E-state index is -0.0446. The van der Waals surface area contributed by atoms with Gasteiger partial charge in [0.25, 0.3) is 5.91 Å². The third-order valence-corrected chi connectivity index (χ3v) is 3.21. The molecular weight excluding hydrogens is 228 g/mol. The Labute approximate surface area is 108 Å². The normalized spacial score (nSPS) is 16.9. The summed E-state index contributed by atoms with van der Waals surface area (Å²) in [6.45, 7) is 3.70.